The third kappa shape index (κ3) is 17.5. The number of ether oxygens (including phenoxy) is 6. The Hall–Kier alpha value is -0.360. The van der Waals surface area contributed by atoms with Crippen molar-refractivity contribution in [3.05, 3.63) is 0 Å². The summed E-state index contributed by atoms with van der Waals surface area (Å²) in [5.41, 5.74) is 0. The molecule has 0 aliphatic rings. The van der Waals surface area contributed by atoms with Gasteiger partial charge in [0.2, 0.25) is 0 Å². The van der Waals surface area contributed by atoms with Gasteiger partial charge in [0.15, 0.2) is 0 Å². The van der Waals surface area contributed by atoms with Gasteiger partial charge in [0.25, 0.3) is 0 Å². The van der Waals surface area contributed by atoms with E-state index in [0.29, 0.717) is 52.9 Å². The standard InChI is InChI=1S/C18H38O9/c1-15(10-19)24-6-4-22-13-18(27-9-8-26-17(3)12-21)14-23-5-7-25-16(2)11-20/h15-21H,4-14H2,1-3H3. The van der Waals surface area contributed by atoms with Crippen LogP contribution >= 0.6 is 0 Å². The zero-order chi connectivity index (χ0) is 20.3. The summed E-state index contributed by atoms with van der Waals surface area (Å²) >= 11 is 0. The number of hydrogen-bond donors (Lipinski definition) is 3. The highest BCUT2D eigenvalue weighted by atomic mass is 16.6. The van der Waals surface area contributed by atoms with Gasteiger partial charge in [-0.1, -0.05) is 0 Å². The van der Waals surface area contributed by atoms with Crippen LogP contribution in [0.15, 0.2) is 0 Å². The van der Waals surface area contributed by atoms with E-state index in [2.05, 4.69) is 0 Å². The summed E-state index contributed by atoms with van der Waals surface area (Å²) in [7, 11) is 0. The van der Waals surface area contributed by atoms with Crippen LogP contribution in [0.4, 0.5) is 0 Å². The van der Waals surface area contributed by atoms with Crippen molar-refractivity contribution in [3.63, 3.8) is 0 Å². The summed E-state index contributed by atoms with van der Waals surface area (Å²) in [6, 6.07) is 0. The average Bonchev–Trinajstić information content (AvgIpc) is 2.68. The van der Waals surface area contributed by atoms with E-state index in [9.17, 15) is 0 Å². The molecule has 9 nitrogen and oxygen atoms in total. The fourth-order valence-electron chi connectivity index (χ4n) is 1.81. The van der Waals surface area contributed by atoms with Crippen LogP contribution in [0.2, 0.25) is 0 Å². The fourth-order valence-corrected chi connectivity index (χ4v) is 1.81. The molecule has 0 aromatic rings. The fraction of sp³-hybridized carbons (Fsp3) is 1.00. The predicted octanol–water partition coefficient (Wildman–Crippen LogP) is -0.403. The van der Waals surface area contributed by atoms with Crippen LogP contribution in [0.3, 0.4) is 0 Å². The van der Waals surface area contributed by atoms with Gasteiger partial charge in [-0.05, 0) is 20.8 Å². The van der Waals surface area contributed by atoms with Crippen molar-refractivity contribution in [2.24, 2.45) is 0 Å². The molecule has 27 heavy (non-hydrogen) atoms. The smallest absolute Gasteiger partial charge is 0.104 e. The van der Waals surface area contributed by atoms with Gasteiger partial charge in [-0.3, -0.25) is 0 Å². The molecule has 3 atom stereocenters. The molecular formula is C18H38O9. The molecule has 0 saturated heterocycles. The van der Waals surface area contributed by atoms with Gasteiger partial charge in [-0.15, -0.1) is 0 Å². The van der Waals surface area contributed by atoms with E-state index in [0.717, 1.165) is 0 Å². The Morgan fingerprint density at radius 2 is 0.852 bits per heavy atom. The molecule has 0 saturated carbocycles. The van der Waals surface area contributed by atoms with Crippen LogP contribution in [0.5, 0.6) is 0 Å². The van der Waals surface area contributed by atoms with E-state index >= 15 is 0 Å². The SMILES string of the molecule is CC(CO)OCCOCC(COCCOC(C)CO)OCCOC(C)CO. The Balaban J connectivity index is 3.98. The molecule has 0 aliphatic carbocycles. The summed E-state index contributed by atoms with van der Waals surface area (Å²) in [6.07, 6.45) is -0.925. The first-order chi connectivity index (χ1) is 13.0. The Kier molecular flexibility index (Phi) is 18.7. The zero-order valence-electron chi connectivity index (χ0n) is 16.9. The zero-order valence-corrected chi connectivity index (χ0v) is 16.9. The van der Waals surface area contributed by atoms with Crippen LogP contribution in [-0.4, -0.2) is 112 Å². The molecule has 0 rings (SSSR count). The second kappa shape index (κ2) is 19.0. The summed E-state index contributed by atoms with van der Waals surface area (Å²) in [5, 5.41) is 26.7. The van der Waals surface area contributed by atoms with E-state index in [1.165, 1.54) is 0 Å². The number of aliphatic hydroxyl groups excluding tert-OH is 3. The molecule has 0 radical (unpaired) electrons. The van der Waals surface area contributed by atoms with Crippen LogP contribution in [0, 0.1) is 0 Å². The molecule has 3 N–H and O–H groups in total. The second-order valence-corrected chi connectivity index (χ2v) is 6.23. The van der Waals surface area contributed by atoms with Gasteiger partial charge in [-0.25, -0.2) is 0 Å². The molecule has 0 aromatic carbocycles. The van der Waals surface area contributed by atoms with Crippen molar-refractivity contribution < 1.29 is 43.7 Å². The molecule has 0 heterocycles. The molecule has 0 aromatic heterocycles. The molecule has 3 unspecified atom stereocenters. The Labute approximate surface area is 162 Å². The molecule has 0 spiro atoms. The van der Waals surface area contributed by atoms with Crippen molar-refractivity contribution >= 4 is 0 Å². The largest absolute Gasteiger partial charge is 0.394 e. The first kappa shape index (κ1) is 26.6. The van der Waals surface area contributed by atoms with Gasteiger partial charge in [0, 0.05) is 0 Å². The van der Waals surface area contributed by atoms with Crippen molar-refractivity contribution in [2.45, 2.75) is 45.2 Å². The van der Waals surface area contributed by atoms with E-state index in [1.807, 2.05) is 0 Å². The minimum atomic E-state index is -0.274. The predicted molar refractivity (Wildman–Crippen MR) is 98.9 cm³/mol. The minimum absolute atomic E-state index is 0.0250. The second-order valence-electron chi connectivity index (χ2n) is 6.23. The van der Waals surface area contributed by atoms with E-state index in [-0.39, 0.29) is 44.2 Å². The van der Waals surface area contributed by atoms with Crippen LogP contribution in [0.25, 0.3) is 0 Å². The molecule has 9 heteroatoms. The topological polar surface area (TPSA) is 116 Å². The maximum Gasteiger partial charge on any atom is 0.104 e. The average molecular weight is 398 g/mol. The Bertz CT molecular complexity index is 287. The molecule has 0 bridgehead atoms. The summed E-state index contributed by atoms with van der Waals surface area (Å²) < 4.78 is 32.8. The highest BCUT2D eigenvalue weighted by Crippen LogP contribution is 1.99. The lowest BCUT2D eigenvalue weighted by atomic mass is 10.4. The van der Waals surface area contributed by atoms with Gasteiger partial charge in [0.05, 0.1) is 91.0 Å². The molecule has 0 aliphatic heterocycles. The molecular weight excluding hydrogens is 360 g/mol. The Morgan fingerprint density at radius 1 is 0.519 bits per heavy atom. The van der Waals surface area contributed by atoms with E-state index in [4.69, 9.17) is 43.7 Å². The monoisotopic (exact) mass is 398 g/mol. The normalized spacial score (nSPS) is 16.2. The van der Waals surface area contributed by atoms with Crippen molar-refractivity contribution in [2.75, 3.05) is 72.7 Å². The van der Waals surface area contributed by atoms with Gasteiger partial charge < -0.3 is 43.7 Å². The molecule has 0 fully saturated rings. The number of aliphatic hydroxyl groups is 3. The van der Waals surface area contributed by atoms with Gasteiger partial charge >= 0.3 is 0 Å². The molecule has 0 amide bonds. The highest BCUT2D eigenvalue weighted by Gasteiger charge is 2.11. The summed E-state index contributed by atoms with van der Waals surface area (Å²) in [6.45, 7) is 8.21. The molecule has 164 valence electrons. The van der Waals surface area contributed by atoms with Crippen LogP contribution in [-0.2, 0) is 28.4 Å². The minimum Gasteiger partial charge on any atom is -0.394 e. The first-order valence-electron chi connectivity index (χ1n) is 9.47. The van der Waals surface area contributed by atoms with Gasteiger partial charge in [-0.2, -0.15) is 0 Å². The number of hydrogen-bond acceptors (Lipinski definition) is 9. The summed E-state index contributed by atoms with van der Waals surface area (Å²) in [5.74, 6) is 0. The quantitative estimate of drug-likeness (QED) is 0.236. The van der Waals surface area contributed by atoms with E-state index < -0.39 is 0 Å². The summed E-state index contributed by atoms with van der Waals surface area (Å²) in [4.78, 5) is 0. The number of rotatable bonds is 20. The highest BCUT2D eigenvalue weighted by molar-refractivity contribution is 4.57. The lowest BCUT2D eigenvalue weighted by molar-refractivity contribution is -0.0958. The maximum absolute atomic E-state index is 8.93. The van der Waals surface area contributed by atoms with Crippen molar-refractivity contribution in [3.8, 4) is 0 Å². The third-order valence-electron chi connectivity index (χ3n) is 3.48. The van der Waals surface area contributed by atoms with Gasteiger partial charge in [0.1, 0.15) is 6.10 Å². The lowest BCUT2D eigenvalue weighted by Crippen LogP contribution is -2.29. The van der Waals surface area contributed by atoms with E-state index in [1.54, 1.807) is 20.8 Å². The first-order valence-corrected chi connectivity index (χ1v) is 9.47. The van der Waals surface area contributed by atoms with Crippen LogP contribution < -0.4 is 0 Å². The Morgan fingerprint density at radius 3 is 1.22 bits per heavy atom. The van der Waals surface area contributed by atoms with Crippen molar-refractivity contribution in [1.29, 1.82) is 0 Å². The maximum atomic E-state index is 8.93. The van der Waals surface area contributed by atoms with Crippen molar-refractivity contribution in [1.82, 2.24) is 0 Å². The lowest BCUT2D eigenvalue weighted by Gasteiger charge is -2.20. The third-order valence-corrected chi connectivity index (χ3v) is 3.48. The van der Waals surface area contributed by atoms with Crippen LogP contribution in [0.1, 0.15) is 20.8 Å².